The third-order valence-electron chi connectivity index (χ3n) is 10.5. The van der Waals surface area contributed by atoms with Gasteiger partial charge < -0.3 is 5.11 Å². The van der Waals surface area contributed by atoms with Crippen molar-refractivity contribution in [1.82, 2.24) is 0 Å². The van der Waals surface area contributed by atoms with E-state index in [0.29, 0.717) is 5.02 Å². The normalized spacial score (nSPS) is 17.3. The summed E-state index contributed by atoms with van der Waals surface area (Å²) in [7, 11) is -1.08. The smallest absolute Gasteiger partial charge is 0.872 e. The largest absolute Gasteiger partial charge is 2.00 e. The van der Waals surface area contributed by atoms with Crippen LogP contribution in [0.2, 0.25) is 18.1 Å². The van der Waals surface area contributed by atoms with Crippen LogP contribution in [0.15, 0.2) is 99.1 Å². The number of allylic oxidation sites excluding steroid dienone is 6. The first-order valence-electron chi connectivity index (χ1n) is 18.3. The van der Waals surface area contributed by atoms with Crippen molar-refractivity contribution in [2.24, 2.45) is 5.92 Å². The van der Waals surface area contributed by atoms with E-state index >= 15 is 0 Å². The van der Waals surface area contributed by atoms with Crippen molar-refractivity contribution in [2.45, 2.75) is 118 Å². The summed E-state index contributed by atoms with van der Waals surface area (Å²) in [6.07, 6.45) is 7.10. The number of thioether (sulfide) groups is 1. The van der Waals surface area contributed by atoms with E-state index in [1.54, 1.807) is 21.1 Å². The fraction of sp³-hybridized carbons (Fsp3) is 0.413. The first-order valence-corrected chi connectivity index (χ1v) is 22.5. The van der Waals surface area contributed by atoms with Crippen molar-refractivity contribution < 1.29 is 31.3 Å². The number of fused-ring (bicyclic) bond motifs is 1. The second-order valence-electron chi connectivity index (χ2n) is 17.7. The monoisotopic (exact) mass is 810 g/mol. The molecule has 3 aliphatic rings. The van der Waals surface area contributed by atoms with Crippen molar-refractivity contribution in [3.8, 4) is 16.9 Å². The first-order chi connectivity index (χ1) is 23.2. The van der Waals surface area contributed by atoms with Gasteiger partial charge in [-0.05, 0) is 61.2 Å². The van der Waals surface area contributed by atoms with Crippen LogP contribution < -0.4 is 5.11 Å². The van der Waals surface area contributed by atoms with Crippen LogP contribution in [0.5, 0.6) is 5.75 Å². The van der Waals surface area contributed by atoms with Crippen LogP contribution in [0, 0.1) is 5.92 Å². The molecular weight excluding hydrogens is 755 g/mol. The van der Waals surface area contributed by atoms with E-state index in [0.717, 1.165) is 23.5 Å². The molecule has 0 saturated carbocycles. The average molecular weight is 813 g/mol. The molecule has 0 bridgehead atoms. The van der Waals surface area contributed by atoms with Gasteiger partial charge >= 0.3 is 26.2 Å². The molecule has 1 atom stereocenters. The van der Waals surface area contributed by atoms with Crippen LogP contribution >= 0.6 is 23.4 Å². The summed E-state index contributed by atoms with van der Waals surface area (Å²) in [5, 5.41) is 18.9. The van der Waals surface area contributed by atoms with E-state index in [4.69, 9.17) is 11.6 Å². The number of benzene rings is 3. The zero-order chi connectivity index (χ0) is 37.0. The molecule has 1 aliphatic carbocycles. The van der Waals surface area contributed by atoms with Gasteiger partial charge in [-0.1, -0.05) is 183 Å². The van der Waals surface area contributed by atoms with Gasteiger partial charge in [-0.15, -0.1) is 40.3 Å². The maximum atomic E-state index is 11.9. The molecule has 7 rings (SSSR count). The van der Waals surface area contributed by atoms with Gasteiger partial charge in [0.1, 0.15) is 8.07 Å². The number of halogens is 1. The Morgan fingerprint density at radius 1 is 0.804 bits per heavy atom. The van der Waals surface area contributed by atoms with Crippen molar-refractivity contribution >= 4 is 42.2 Å². The van der Waals surface area contributed by atoms with Gasteiger partial charge in [0.05, 0.1) is 0 Å². The van der Waals surface area contributed by atoms with E-state index in [9.17, 15) is 5.11 Å². The molecule has 5 heteroatoms. The topological polar surface area (TPSA) is 23.1 Å². The molecule has 1 saturated heterocycles. The summed E-state index contributed by atoms with van der Waals surface area (Å²) in [4.78, 5) is 3.32. The second-order valence-corrected chi connectivity index (χ2v) is 23.6. The average Bonchev–Trinajstić information content (AvgIpc) is 3.71. The molecule has 2 aliphatic heterocycles. The molecule has 1 unspecified atom stereocenters. The van der Waals surface area contributed by atoms with Gasteiger partial charge in [0, 0.05) is 10.9 Å². The van der Waals surface area contributed by atoms with Crippen LogP contribution in [0.1, 0.15) is 105 Å². The zero-order valence-electron chi connectivity index (χ0n) is 33.2. The molecule has 1 nitrogen and oxygen atoms in total. The second kappa shape index (κ2) is 15.4. The van der Waals surface area contributed by atoms with Crippen LogP contribution in [-0.2, 0) is 48.9 Å². The van der Waals surface area contributed by atoms with Gasteiger partial charge in [-0.25, -0.2) is 0 Å². The number of rotatable bonds is 3. The zero-order valence-corrected chi connectivity index (χ0v) is 38.2. The third kappa shape index (κ3) is 8.41. The van der Waals surface area contributed by atoms with E-state index in [-0.39, 0.29) is 48.2 Å². The Morgan fingerprint density at radius 2 is 1.45 bits per heavy atom. The van der Waals surface area contributed by atoms with E-state index in [1.807, 2.05) is 32.0 Å². The Kier molecular flexibility index (Phi) is 12.6. The number of hydrogen-bond donors (Lipinski definition) is 0. The molecular formula is C46H57ClOSSiZr. The fourth-order valence-corrected chi connectivity index (χ4v) is 14.1. The van der Waals surface area contributed by atoms with Crippen molar-refractivity contribution in [3.63, 3.8) is 0 Å². The molecule has 0 aromatic heterocycles. The molecule has 4 aromatic rings. The van der Waals surface area contributed by atoms with Crippen LogP contribution in [0.3, 0.4) is 0 Å². The summed E-state index contributed by atoms with van der Waals surface area (Å²) >= 11 is 8.44. The van der Waals surface area contributed by atoms with Crippen molar-refractivity contribution in [3.05, 3.63) is 126 Å². The van der Waals surface area contributed by atoms with E-state index in [1.165, 1.54) is 39.4 Å². The Hall–Kier alpha value is -1.97. The molecule has 2 heterocycles. The summed E-state index contributed by atoms with van der Waals surface area (Å²) in [5.74, 6) is 0.826. The van der Waals surface area contributed by atoms with Gasteiger partial charge in [-0.2, -0.15) is 6.07 Å². The molecule has 0 radical (unpaired) electrons. The summed E-state index contributed by atoms with van der Waals surface area (Å²) in [6, 6.07) is 23.8. The maximum absolute atomic E-state index is 11.9. The summed E-state index contributed by atoms with van der Waals surface area (Å²) in [5.41, 5.74) is 7.18. The minimum Gasteiger partial charge on any atom is -0.872 e. The molecule has 51 heavy (non-hydrogen) atoms. The standard InChI is InChI=1S/C21H23.C14H21ClO.C11H14SSi.Zr/c1-5-15-13-17-7-6-8-19(20(17)14-15)16-9-11-18(12-10-16)21(2,3)4;1-13(2,3)9-7-8-10(16)11(12(9)15)14(4,5)6;1-4-7-11-10-8(12-7)5-6-9(10)13(11,2)3;/h6-14H,5H2,1-4H3;7-8,16H,1-6H3;5-6,10H,4H2,1-3H3;/q-1;;;+2/p-1. The Labute approximate surface area is 338 Å². The SMILES string of the molecule is CC(C)(C)c1ccc([O-])c(C(C)(C)C)c1Cl.CCC1=C2C3C(=CC=C3[Si]2(C)C)S1.CCc1cc2c(-c3ccc(C(C)(C)C)cc3)cccc2[cH-]1.[Zr+2]. The van der Waals surface area contributed by atoms with E-state index in [2.05, 4.69) is 147 Å². The maximum Gasteiger partial charge on any atom is 2.00 e. The first kappa shape index (κ1) is 41.8. The van der Waals surface area contributed by atoms with Gasteiger partial charge in [0.2, 0.25) is 0 Å². The van der Waals surface area contributed by atoms with Crippen LogP contribution in [0.25, 0.3) is 21.9 Å². The predicted octanol–water partition coefficient (Wildman–Crippen LogP) is 13.7. The summed E-state index contributed by atoms with van der Waals surface area (Å²) < 4.78 is 0. The molecule has 1 fully saturated rings. The fourth-order valence-electron chi connectivity index (χ4n) is 7.62. The minimum absolute atomic E-state index is 0. The Balaban J connectivity index is 0.000000175. The number of hydrogen-bond acceptors (Lipinski definition) is 2. The quantitative estimate of drug-likeness (QED) is 0.152. The van der Waals surface area contributed by atoms with Gasteiger partial charge in [-0.3, -0.25) is 0 Å². The predicted molar refractivity (Wildman–Crippen MR) is 223 cm³/mol. The van der Waals surface area contributed by atoms with Gasteiger partial charge in [0.25, 0.3) is 0 Å². The Bertz CT molecular complexity index is 1990. The molecule has 0 amide bonds. The minimum atomic E-state index is -1.08. The van der Waals surface area contributed by atoms with Gasteiger partial charge in [0.15, 0.2) is 0 Å². The molecule has 268 valence electrons. The van der Waals surface area contributed by atoms with Crippen molar-refractivity contribution in [1.29, 1.82) is 0 Å². The van der Waals surface area contributed by atoms with Crippen LogP contribution in [-0.4, -0.2) is 8.07 Å². The molecule has 0 N–H and O–H groups in total. The van der Waals surface area contributed by atoms with E-state index < -0.39 is 8.07 Å². The van der Waals surface area contributed by atoms with Crippen molar-refractivity contribution in [2.75, 3.05) is 0 Å². The van der Waals surface area contributed by atoms with Crippen LogP contribution in [0.4, 0.5) is 0 Å². The summed E-state index contributed by atoms with van der Waals surface area (Å²) in [6.45, 7) is 28.6. The third-order valence-corrected chi connectivity index (χ3v) is 16.3. The molecule has 4 aromatic carbocycles. The molecule has 0 spiro atoms. The Morgan fingerprint density at radius 3 is 2.00 bits per heavy atom. The number of aryl methyl sites for hydroxylation is 1.